The molecule has 0 saturated carbocycles. The molecule has 0 fully saturated rings. The van der Waals surface area contributed by atoms with E-state index in [2.05, 4.69) is 63.4 Å². The number of H-pyrrole nitrogens is 1. The summed E-state index contributed by atoms with van der Waals surface area (Å²) in [5.41, 5.74) is 9.79. The molecule has 3 N–H and O–H groups in total. The van der Waals surface area contributed by atoms with Gasteiger partial charge in [0.15, 0.2) is 5.78 Å². The number of hydrogen-bond acceptors (Lipinski definition) is 6. The Labute approximate surface area is 219 Å². The van der Waals surface area contributed by atoms with Crippen molar-refractivity contribution < 1.29 is 4.79 Å². The van der Waals surface area contributed by atoms with Crippen LogP contribution in [0.25, 0.3) is 22.2 Å². The summed E-state index contributed by atoms with van der Waals surface area (Å²) in [7, 11) is 1.94. The minimum absolute atomic E-state index is 0.0575. The Hall–Kier alpha value is -3.75. The monoisotopic (exact) mass is 493 g/mol. The average molecular weight is 493 g/mol. The predicted molar refractivity (Wildman–Crippen MR) is 156 cm³/mol. The van der Waals surface area contributed by atoms with Crippen molar-refractivity contribution in [2.24, 2.45) is 9.98 Å². The van der Waals surface area contributed by atoms with Crippen LogP contribution in [0, 0.1) is 0 Å². The van der Waals surface area contributed by atoms with E-state index in [4.69, 9.17) is 0 Å². The molecule has 0 amide bonds. The number of ketones is 1. The first-order chi connectivity index (χ1) is 17.9. The molecule has 0 aliphatic carbocycles. The molecule has 2 aromatic carbocycles. The van der Waals surface area contributed by atoms with Crippen LogP contribution in [0.15, 0.2) is 71.2 Å². The fourth-order valence-corrected chi connectivity index (χ4v) is 4.48. The molecule has 7 nitrogen and oxygen atoms in total. The van der Waals surface area contributed by atoms with E-state index >= 15 is 0 Å². The lowest BCUT2D eigenvalue weighted by molar-refractivity contribution is 0.101. The quantitative estimate of drug-likeness (QED) is 0.305. The summed E-state index contributed by atoms with van der Waals surface area (Å²) in [4.78, 5) is 26.7. The lowest BCUT2D eigenvalue weighted by atomic mass is 9.87. The van der Waals surface area contributed by atoms with Crippen LogP contribution < -0.4 is 10.7 Å². The number of aliphatic imine (C=N–C) groups is 2. The van der Waals surface area contributed by atoms with Crippen molar-refractivity contribution in [2.45, 2.75) is 33.1 Å². The van der Waals surface area contributed by atoms with Crippen LogP contribution in [-0.2, 0) is 0 Å². The summed E-state index contributed by atoms with van der Waals surface area (Å²) in [5, 5.41) is 4.57. The molecule has 8 heteroatoms. The molecule has 37 heavy (non-hydrogen) atoms. The molecule has 1 atom stereocenters. The van der Waals surface area contributed by atoms with Gasteiger partial charge in [-0.05, 0) is 62.1 Å². The van der Waals surface area contributed by atoms with Gasteiger partial charge < -0.3 is 15.6 Å². The molecule has 1 radical (unpaired) electrons. The van der Waals surface area contributed by atoms with Crippen LogP contribution >= 0.6 is 0 Å². The molecule has 4 rings (SSSR count). The summed E-state index contributed by atoms with van der Waals surface area (Å²) in [6.45, 7) is 12.0. The summed E-state index contributed by atoms with van der Waals surface area (Å²) in [6.07, 6.45) is 6.34. The number of carbonyl (C=O) groups is 1. The highest BCUT2D eigenvalue weighted by Gasteiger charge is 2.17. The lowest BCUT2D eigenvalue weighted by Gasteiger charge is -2.23. The Morgan fingerprint density at radius 3 is 2.84 bits per heavy atom. The van der Waals surface area contributed by atoms with Crippen LogP contribution in [0.4, 0.5) is 0 Å². The molecule has 0 bridgehead atoms. The van der Waals surface area contributed by atoms with E-state index in [0.717, 1.165) is 64.1 Å². The summed E-state index contributed by atoms with van der Waals surface area (Å²) in [6, 6.07) is 16.2. The highest BCUT2D eigenvalue weighted by Crippen LogP contribution is 2.28. The average Bonchev–Trinajstić information content (AvgIpc) is 3.30. The number of benzene rings is 2. The molecule has 1 aliphatic rings. The van der Waals surface area contributed by atoms with Crippen molar-refractivity contribution in [1.29, 1.82) is 0 Å². The van der Waals surface area contributed by atoms with Gasteiger partial charge in [0.05, 0.1) is 11.4 Å². The number of Topliss-reactive ketones (excluding diaryl/α,β-unsaturated/α-hetero) is 1. The minimum Gasteiger partial charge on any atom is -0.353 e. The predicted octanol–water partition coefficient (Wildman–Crippen LogP) is 4.98. The number of aromatic nitrogens is 1. The number of fused-ring (bicyclic) bond motifs is 1. The van der Waals surface area contributed by atoms with Crippen LogP contribution in [-0.4, -0.2) is 55.4 Å². The van der Waals surface area contributed by atoms with Crippen LogP contribution in [0.3, 0.4) is 0 Å². The Bertz CT molecular complexity index is 1320. The standard InChI is InChI=1S/C29H34BN6O/c1-20(2)29-24(10-7-11-25(29)22(4)37)21(3)18-33-30-36-16-8-14-31-15-13-27(32-19-34-36)28-17-23-9-5-6-12-26(23)35-28/h5-7,9-13,15,17,19,21,33,35H,1,8,14,16,18H2,2-4H3,(H,32,34). The van der Waals surface area contributed by atoms with E-state index < -0.39 is 0 Å². The van der Waals surface area contributed by atoms with Gasteiger partial charge in [-0.15, -0.1) is 0 Å². The van der Waals surface area contributed by atoms with Gasteiger partial charge in [0.25, 0.3) is 0 Å². The summed E-state index contributed by atoms with van der Waals surface area (Å²) < 4.78 is 0. The molecule has 0 spiro atoms. The second kappa shape index (κ2) is 12.5. The second-order valence-electron chi connectivity index (χ2n) is 9.36. The molecule has 189 valence electrons. The van der Waals surface area contributed by atoms with Gasteiger partial charge in [0.1, 0.15) is 6.34 Å². The zero-order valence-corrected chi connectivity index (χ0v) is 21.8. The van der Waals surface area contributed by atoms with E-state index in [9.17, 15) is 4.79 Å². The Balaban J connectivity index is 1.40. The number of rotatable bonds is 8. The number of hydrogen-bond donors (Lipinski definition) is 3. The SMILES string of the molecule is C=C(C)c1c(C(C)=O)cccc1C(C)CN[B]N1CCCN=CC=C(c2cc3ccccc3[nH]2)N=CN1. The first-order valence-electron chi connectivity index (χ1n) is 12.6. The van der Waals surface area contributed by atoms with Gasteiger partial charge in [-0.1, -0.05) is 55.5 Å². The molecule has 1 aliphatic heterocycles. The molecule has 0 saturated heterocycles. The zero-order chi connectivity index (χ0) is 26.2. The Morgan fingerprint density at radius 1 is 1.22 bits per heavy atom. The number of nitrogens with one attached hydrogen (secondary N) is 3. The maximum absolute atomic E-state index is 12.2. The van der Waals surface area contributed by atoms with Gasteiger partial charge in [-0.3, -0.25) is 9.79 Å². The molecule has 2 heterocycles. The van der Waals surface area contributed by atoms with E-state index in [1.807, 2.05) is 55.9 Å². The maximum Gasteiger partial charge on any atom is 0.331 e. The van der Waals surface area contributed by atoms with Crippen molar-refractivity contribution in [3.05, 3.63) is 83.6 Å². The number of nitrogens with zero attached hydrogens (tertiary/aromatic N) is 3. The van der Waals surface area contributed by atoms with Crippen molar-refractivity contribution in [2.75, 3.05) is 19.6 Å². The van der Waals surface area contributed by atoms with Crippen molar-refractivity contribution in [3.8, 4) is 0 Å². The normalized spacial score (nSPS) is 15.5. The smallest absolute Gasteiger partial charge is 0.331 e. The van der Waals surface area contributed by atoms with E-state index in [1.165, 1.54) is 0 Å². The lowest BCUT2D eigenvalue weighted by Crippen LogP contribution is -2.47. The van der Waals surface area contributed by atoms with Gasteiger partial charge in [0.2, 0.25) is 0 Å². The maximum atomic E-state index is 12.2. The van der Waals surface area contributed by atoms with Gasteiger partial charge in [-0.25, -0.2) is 9.91 Å². The molecular weight excluding hydrogens is 459 g/mol. The van der Waals surface area contributed by atoms with Crippen molar-refractivity contribution in [3.63, 3.8) is 0 Å². The van der Waals surface area contributed by atoms with Gasteiger partial charge in [0, 0.05) is 35.8 Å². The first kappa shape index (κ1) is 26.3. The van der Waals surface area contributed by atoms with Crippen molar-refractivity contribution in [1.82, 2.24) is 20.6 Å². The number of para-hydroxylation sites is 1. The third-order valence-electron chi connectivity index (χ3n) is 6.36. The van der Waals surface area contributed by atoms with Gasteiger partial charge >= 0.3 is 7.55 Å². The second-order valence-corrected chi connectivity index (χ2v) is 9.36. The topological polar surface area (TPSA) is 84.9 Å². The number of hydrazine groups is 1. The van der Waals surface area contributed by atoms with Gasteiger partial charge in [-0.2, -0.15) is 0 Å². The van der Waals surface area contributed by atoms with Crippen LogP contribution in [0.5, 0.6) is 0 Å². The highest BCUT2D eigenvalue weighted by molar-refractivity contribution is 6.28. The van der Waals surface area contributed by atoms with Crippen LogP contribution in [0.2, 0.25) is 0 Å². The molecule has 1 aromatic heterocycles. The van der Waals surface area contributed by atoms with E-state index in [-0.39, 0.29) is 11.7 Å². The zero-order valence-electron chi connectivity index (χ0n) is 21.8. The fourth-order valence-electron chi connectivity index (χ4n) is 4.48. The van der Waals surface area contributed by atoms with Crippen LogP contribution in [0.1, 0.15) is 60.3 Å². The third-order valence-corrected chi connectivity index (χ3v) is 6.36. The summed E-state index contributed by atoms with van der Waals surface area (Å²) in [5.74, 6) is 0.239. The van der Waals surface area contributed by atoms with Crippen molar-refractivity contribution >= 4 is 48.1 Å². The number of allylic oxidation sites excluding steroid dienone is 2. The molecule has 3 aromatic rings. The fraction of sp³-hybridized carbons (Fsp3) is 0.276. The van der Waals surface area contributed by atoms with E-state index in [0.29, 0.717) is 6.54 Å². The number of aromatic amines is 1. The first-order valence-corrected chi connectivity index (χ1v) is 12.6. The highest BCUT2D eigenvalue weighted by atomic mass is 16.1. The minimum atomic E-state index is 0.0575. The largest absolute Gasteiger partial charge is 0.353 e. The van der Waals surface area contributed by atoms with E-state index in [1.54, 1.807) is 13.3 Å². The molecule has 1 unspecified atom stereocenters. The Morgan fingerprint density at radius 2 is 2.05 bits per heavy atom. The number of carbonyl (C=O) groups excluding carboxylic acids is 1. The summed E-state index contributed by atoms with van der Waals surface area (Å²) >= 11 is 0. The molecular formula is C29H34BN6O. The Kier molecular flexibility index (Phi) is 8.88. The third kappa shape index (κ3) is 6.73.